The van der Waals surface area contributed by atoms with Crippen molar-refractivity contribution in [3.05, 3.63) is 16.1 Å². The third kappa shape index (κ3) is 2.59. The van der Waals surface area contributed by atoms with Gasteiger partial charge >= 0.3 is 0 Å². The highest BCUT2D eigenvalue weighted by Crippen LogP contribution is 2.38. The predicted octanol–water partition coefficient (Wildman–Crippen LogP) is 1.37. The molecule has 0 spiro atoms. The molecule has 0 aliphatic heterocycles. The summed E-state index contributed by atoms with van der Waals surface area (Å²) >= 11 is 1.74. The van der Waals surface area contributed by atoms with Crippen LogP contribution in [0, 0.1) is 0 Å². The maximum atomic E-state index is 10.8. The van der Waals surface area contributed by atoms with Gasteiger partial charge in [-0.1, -0.05) is 6.42 Å². The van der Waals surface area contributed by atoms with Crippen molar-refractivity contribution in [2.24, 2.45) is 5.73 Å². The second-order valence-corrected chi connectivity index (χ2v) is 5.44. The van der Waals surface area contributed by atoms with Gasteiger partial charge in [-0.15, -0.1) is 11.3 Å². The molecule has 1 aromatic rings. The highest BCUT2D eigenvalue weighted by Gasteiger charge is 2.22. The minimum absolute atomic E-state index is 0.283. The highest BCUT2D eigenvalue weighted by atomic mass is 32.1. The van der Waals surface area contributed by atoms with E-state index >= 15 is 0 Å². The number of carbonyl (C=O) groups is 1. The number of carbonyl (C=O) groups excluding carboxylic acids is 1. The SMILES string of the molecule is CC(NCc1cnc(C2CCC2)s1)C(N)=O. The molecule has 1 amide bonds. The summed E-state index contributed by atoms with van der Waals surface area (Å²) in [7, 11) is 0. The molecule has 1 aromatic heterocycles. The van der Waals surface area contributed by atoms with Gasteiger partial charge in [0.15, 0.2) is 0 Å². The number of amides is 1. The zero-order valence-corrected chi connectivity index (χ0v) is 10.2. The first-order valence-corrected chi connectivity index (χ1v) is 6.46. The van der Waals surface area contributed by atoms with Crippen LogP contribution in [0.3, 0.4) is 0 Å². The Kier molecular flexibility index (Phi) is 3.56. The van der Waals surface area contributed by atoms with Gasteiger partial charge in [-0.2, -0.15) is 0 Å². The molecule has 0 radical (unpaired) electrons. The van der Waals surface area contributed by atoms with E-state index in [0.29, 0.717) is 12.5 Å². The van der Waals surface area contributed by atoms with E-state index in [1.807, 2.05) is 6.20 Å². The smallest absolute Gasteiger partial charge is 0.234 e. The van der Waals surface area contributed by atoms with Crippen LogP contribution >= 0.6 is 11.3 Å². The van der Waals surface area contributed by atoms with Crippen LogP contribution in [0.1, 0.15) is 42.0 Å². The lowest BCUT2D eigenvalue weighted by atomic mass is 9.86. The van der Waals surface area contributed by atoms with Crippen molar-refractivity contribution in [2.75, 3.05) is 0 Å². The lowest BCUT2D eigenvalue weighted by Gasteiger charge is -2.22. The lowest BCUT2D eigenvalue weighted by Crippen LogP contribution is -2.38. The molecule has 1 atom stereocenters. The number of nitrogens with two attached hydrogens (primary N) is 1. The first-order valence-electron chi connectivity index (χ1n) is 5.64. The second-order valence-electron chi connectivity index (χ2n) is 4.30. The van der Waals surface area contributed by atoms with Crippen LogP contribution in [0.4, 0.5) is 0 Å². The fourth-order valence-corrected chi connectivity index (χ4v) is 2.64. The molecule has 1 aliphatic carbocycles. The monoisotopic (exact) mass is 239 g/mol. The maximum absolute atomic E-state index is 10.8. The van der Waals surface area contributed by atoms with Gasteiger partial charge in [-0.3, -0.25) is 4.79 Å². The van der Waals surface area contributed by atoms with E-state index in [9.17, 15) is 4.79 Å². The molecule has 5 heteroatoms. The van der Waals surface area contributed by atoms with Crippen LogP contribution in [0.5, 0.6) is 0 Å². The molecule has 0 bridgehead atoms. The molecule has 4 nitrogen and oxygen atoms in total. The van der Waals surface area contributed by atoms with Crippen LogP contribution in [-0.4, -0.2) is 16.9 Å². The number of thiazole rings is 1. The number of hydrogen-bond donors (Lipinski definition) is 2. The Labute approximate surface area is 99.3 Å². The molecule has 0 saturated heterocycles. The molecule has 16 heavy (non-hydrogen) atoms. The topological polar surface area (TPSA) is 68.0 Å². The van der Waals surface area contributed by atoms with E-state index in [4.69, 9.17) is 5.73 Å². The fourth-order valence-electron chi connectivity index (χ4n) is 1.60. The number of aromatic nitrogens is 1. The van der Waals surface area contributed by atoms with E-state index in [2.05, 4.69) is 10.3 Å². The minimum atomic E-state index is -0.316. The zero-order valence-electron chi connectivity index (χ0n) is 9.40. The van der Waals surface area contributed by atoms with Crippen molar-refractivity contribution in [1.29, 1.82) is 0 Å². The van der Waals surface area contributed by atoms with Crippen LogP contribution in [0.2, 0.25) is 0 Å². The number of nitrogens with one attached hydrogen (secondary N) is 1. The Morgan fingerprint density at radius 1 is 1.75 bits per heavy atom. The van der Waals surface area contributed by atoms with Crippen molar-refractivity contribution in [3.8, 4) is 0 Å². The van der Waals surface area contributed by atoms with Crippen LogP contribution < -0.4 is 11.1 Å². The number of primary amides is 1. The second kappa shape index (κ2) is 4.93. The Morgan fingerprint density at radius 3 is 3.06 bits per heavy atom. The summed E-state index contributed by atoms with van der Waals surface area (Å²) in [4.78, 5) is 16.4. The summed E-state index contributed by atoms with van der Waals surface area (Å²) in [5.41, 5.74) is 5.17. The Hall–Kier alpha value is -0.940. The van der Waals surface area contributed by atoms with E-state index in [-0.39, 0.29) is 11.9 Å². The van der Waals surface area contributed by atoms with E-state index in [1.165, 1.54) is 29.1 Å². The van der Waals surface area contributed by atoms with Crippen molar-refractivity contribution in [3.63, 3.8) is 0 Å². The van der Waals surface area contributed by atoms with Gasteiger partial charge in [0.05, 0.1) is 11.0 Å². The van der Waals surface area contributed by atoms with Gasteiger partial charge in [0.1, 0.15) is 0 Å². The number of rotatable bonds is 5. The molecule has 1 saturated carbocycles. The fraction of sp³-hybridized carbons (Fsp3) is 0.636. The molecule has 88 valence electrons. The third-order valence-corrected chi connectivity index (χ3v) is 4.19. The lowest BCUT2D eigenvalue weighted by molar-refractivity contribution is -0.119. The number of nitrogens with zero attached hydrogens (tertiary/aromatic N) is 1. The molecule has 1 heterocycles. The molecule has 1 unspecified atom stereocenters. The van der Waals surface area contributed by atoms with E-state index in [1.54, 1.807) is 18.3 Å². The molecule has 1 aliphatic rings. The van der Waals surface area contributed by atoms with Gasteiger partial charge in [-0.25, -0.2) is 4.98 Å². The van der Waals surface area contributed by atoms with Crippen LogP contribution in [-0.2, 0) is 11.3 Å². The average Bonchev–Trinajstić information content (AvgIpc) is 2.59. The summed E-state index contributed by atoms with van der Waals surface area (Å²) in [5.74, 6) is 0.371. The van der Waals surface area contributed by atoms with Crippen molar-refractivity contribution in [1.82, 2.24) is 10.3 Å². The summed E-state index contributed by atoms with van der Waals surface area (Å²) < 4.78 is 0. The van der Waals surface area contributed by atoms with Gasteiger partial charge in [-0.05, 0) is 19.8 Å². The molecule has 0 aromatic carbocycles. The zero-order chi connectivity index (χ0) is 11.5. The maximum Gasteiger partial charge on any atom is 0.234 e. The Balaban J connectivity index is 1.85. The Morgan fingerprint density at radius 2 is 2.50 bits per heavy atom. The normalized spacial score (nSPS) is 18.1. The average molecular weight is 239 g/mol. The van der Waals surface area contributed by atoms with Gasteiger partial charge in [0.25, 0.3) is 0 Å². The molecule has 3 N–H and O–H groups in total. The van der Waals surface area contributed by atoms with Crippen molar-refractivity contribution in [2.45, 2.75) is 44.7 Å². The Bertz CT molecular complexity index is 373. The summed E-state index contributed by atoms with van der Waals surface area (Å²) in [6, 6.07) is -0.283. The van der Waals surface area contributed by atoms with Crippen LogP contribution in [0.25, 0.3) is 0 Å². The van der Waals surface area contributed by atoms with Crippen molar-refractivity contribution >= 4 is 17.2 Å². The summed E-state index contributed by atoms with van der Waals surface area (Å²) in [6.07, 6.45) is 5.78. The highest BCUT2D eigenvalue weighted by molar-refractivity contribution is 7.11. The third-order valence-electron chi connectivity index (χ3n) is 3.04. The van der Waals surface area contributed by atoms with E-state index in [0.717, 1.165) is 0 Å². The van der Waals surface area contributed by atoms with Gasteiger partial charge in [0.2, 0.25) is 5.91 Å². The minimum Gasteiger partial charge on any atom is -0.368 e. The van der Waals surface area contributed by atoms with E-state index < -0.39 is 0 Å². The van der Waals surface area contributed by atoms with Gasteiger partial charge < -0.3 is 11.1 Å². The predicted molar refractivity (Wildman–Crippen MR) is 64.2 cm³/mol. The number of hydrogen-bond acceptors (Lipinski definition) is 4. The molecular formula is C11H17N3OS. The van der Waals surface area contributed by atoms with Crippen molar-refractivity contribution < 1.29 is 4.79 Å². The quantitative estimate of drug-likeness (QED) is 0.815. The molecule has 1 fully saturated rings. The first kappa shape index (κ1) is 11.5. The van der Waals surface area contributed by atoms with Crippen LogP contribution in [0.15, 0.2) is 6.20 Å². The molecule has 2 rings (SSSR count). The molecular weight excluding hydrogens is 222 g/mol. The summed E-state index contributed by atoms with van der Waals surface area (Å²) in [6.45, 7) is 2.45. The largest absolute Gasteiger partial charge is 0.368 e. The standard InChI is InChI=1S/C11H17N3OS/c1-7(10(12)15)13-5-9-6-14-11(16-9)8-3-2-4-8/h6-8,13H,2-5H2,1H3,(H2,12,15). The van der Waals surface area contributed by atoms with Gasteiger partial charge in [0, 0.05) is 23.5 Å². The summed E-state index contributed by atoms with van der Waals surface area (Å²) in [5, 5.41) is 4.33. The first-order chi connectivity index (χ1) is 7.66.